The molecule has 0 spiro atoms. The first-order valence-corrected chi connectivity index (χ1v) is 8.67. The topological polar surface area (TPSA) is 77.6 Å². The Morgan fingerprint density at radius 1 is 1.19 bits per heavy atom. The molecule has 0 atom stereocenters. The Labute approximate surface area is 152 Å². The minimum atomic E-state index is -0.331. The van der Waals surface area contributed by atoms with Crippen LogP contribution in [0.2, 0.25) is 0 Å². The van der Waals surface area contributed by atoms with Gasteiger partial charge in [0, 0.05) is 18.8 Å². The third-order valence-corrected chi connectivity index (χ3v) is 4.93. The number of amides is 1. The molecule has 0 fully saturated rings. The number of hydrogen-bond acceptors (Lipinski definition) is 5. The van der Waals surface area contributed by atoms with E-state index in [1.165, 1.54) is 23.5 Å². The number of benzene rings is 1. The molecule has 0 bridgehead atoms. The lowest BCUT2D eigenvalue weighted by Crippen LogP contribution is -2.16. The summed E-state index contributed by atoms with van der Waals surface area (Å²) in [5.74, 6) is -0.166. The summed E-state index contributed by atoms with van der Waals surface area (Å²) < 4.78 is 17.3. The van der Waals surface area contributed by atoms with Crippen molar-refractivity contribution in [2.45, 2.75) is 13.8 Å². The summed E-state index contributed by atoms with van der Waals surface area (Å²) in [6, 6.07) is 7.88. The van der Waals surface area contributed by atoms with Crippen LogP contribution in [0, 0.1) is 19.7 Å². The smallest absolute Gasteiger partial charge is 0.277 e. The van der Waals surface area contributed by atoms with Gasteiger partial charge in [-0.1, -0.05) is 11.3 Å². The molecule has 132 valence electrons. The first-order chi connectivity index (χ1) is 12.4. The lowest BCUT2D eigenvalue weighted by molar-refractivity contribution is 0.102. The van der Waals surface area contributed by atoms with Crippen LogP contribution >= 0.6 is 11.3 Å². The van der Waals surface area contributed by atoms with Crippen LogP contribution in [-0.4, -0.2) is 30.5 Å². The van der Waals surface area contributed by atoms with E-state index >= 15 is 0 Å². The number of thiazole rings is 1. The van der Waals surface area contributed by atoms with Crippen LogP contribution in [0.15, 0.2) is 30.3 Å². The Balaban J connectivity index is 1.70. The second-order valence-electron chi connectivity index (χ2n) is 5.94. The molecule has 3 aromatic heterocycles. The van der Waals surface area contributed by atoms with E-state index in [4.69, 9.17) is 0 Å². The van der Waals surface area contributed by atoms with Gasteiger partial charge in [0.15, 0.2) is 5.69 Å². The zero-order valence-corrected chi connectivity index (χ0v) is 15.1. The van der Waals surface area contributed by atoms with Gasteiger partial charge < -0.3 is 5.32 Å². The molecule has 0 unspecified atom stereocenters. The SMILES string of the molecule is Cc1cc(NC(=O)c2cc(C)n(C)n2)n(-c2nc3ccc(F)cc3s2)n1. The average Bonchev–Trinajstić information content (AvgIpc) is 3.25. The highest BCUT2D eigenvalue weighted by molar-refractivity contribution is 7.20. The first kappa shape index (κ1) is 16.4. The molecule has 3 heterocycles. The van der Waals surface area contributed by atoms with E-state index < -0.39 is 0 Å². The van der Waals surface area contributed by atoms with Crippen LogP contribution in [0.3, 0.4) is 0 Å². The van der Waals surface area contributed by atoms with Crippen LogP contribution < -0.4 is 5.32 Å². The fourth-order valence-electron chi connectivity index (χ4n) is 2.56. The maximum absolute atomic E-state index is 13.4. The number of fused-ring (bicyclic) bond motifs is 1. The normalized spacial score (nSPS) is 11.2. The number of rotatable bonds is 3. The Bertz CT molecular complexity index is 1120. The second-order valence-corrected chi connectivity index (χ2v) is 6.95. The van der Waals surface area contributed by atoms with Gasteiger partial charge in [-0.05, 0) is 38.1 Å². The fraction of sp³-hybridized carbons (Fsp3) is 0.176. The Morgan fingerprint density at radius 2 is 2.00 bits per heavy atom. The summed E-state index contributed by atoms with van der Waals surface area (Å²) in [5.41, 5.74) is 2.61. The van der Waals surface area contributed by atoms with Gasteiger partial charge >= 0.3 is 0 Å². The van der Waals surface area contributed by atoms with E-state index in [0.717, 1.165) is 11.4 Å². The van der Waals surface area contributed by atoms with Gasteiger partial charge in [0.05, 0.1) is 15.9 Å². The monoisotopic (exact) mass is 370 g/mol. The number of hydrogen-bond donors (Lipinski definition) is 1. The Morgan fingerprint density at radius 3 is 2.73 bits per heavy atom. The van der Waals surface area contributed by atoms with Gasteiger partial charge in [-0.25, -0.2) is 9.37 Å². The van der Waals surface area contributed by atoms with Gasteiger partial charge in [-0.15, -0.1) is 0 Å². The predicted octanol–water partition coefficient (Wildman–Crippen LogP) is 3.22. The molecular weight excluding hydrogens is 355 g/mol. The van der Waals surface area contributed by atoms with Gasteiger partial charge in [0.2, 0.25) is 5.13 Å². The third-order valence-electron chi connectivity index (χ3n) is 3.94. The van der Waals surface area contributed by atoms with Crippen molar-refractivity contribution in [1.29, 1.82) is 0 Å². The van der Waals surface area contributed by atoms with Crippen molar-refractivity contribution < 1.29 is 9.18 Å². The molecule has 26 heavy (non-hydrogen) atoms. The van der Waals surface area contributed by atoms with E-state index in [2.05, 4.69) is 20.5 Å². The second kappa shape index (κ2) is 6.03. The first-order valence-electron chi connectivity index (χ1n) is 7.86. The van der Waals surface area contributed by atoms with Gasteiger partial charge in [-0.3, -0.25) is 9.48 Å². The summed E-state index contributed by atoms with van der Waals surface area (Å²) in [6.07, 6.45) is 0. The molecule has 4 aromatic rings. The van der Waals surface area contributed by atoms with Crippen LogP contribution in [0.1, 0.15) is 21.9 Å². The van der Waals surface area contributed by atoms with Crippen LogP contribution in [0.5, 0.6) is 0 Å². The maximum Gasteiger partial charge on any atom is 0.277 e. The number of carbonyl (C=O) groups excluding carboxylic acids is 1. The zero-order chi connectivity index (χ0) is 18.4. The molecule has 1 aromatic carbocycles. The third kappa shape index (κ3) is 2.86. The Kier molecular flexibility index (Phi) is 3.80. The summed E-state index contributed by atoms with van der Waals surface area (Å²) in [5, 5.41) is 11.9. The summed E-state index contributed by atoms with van der Waals surface area (Å²) in [4.78, 5) is 17.0. The molecule has 4 rings (SSSR count). The molecule has 1 N–H and O–H groups in total. The highest BCUT2D eigenvalue weighted by atomic mass is 32.1. The van der Waals surface area contributed by atoms with Crippen molar-refractivity contribution in [3.05, 3.63) is 53.2 Å². The number of halogens is 1. The molecule has 1 amide bonds. The minimum Gasteiger partial charge on any atom is -0.305 e. The number of aryl methyl sites for hydroxylation is 3. The summed E-state index contributed by atoms with van der Waals surface area (Å²) in [6.45, 7) is 3.70. The summed E-state index contributed by atoms with van der Waals surface area (Å²) in [7, 11) is 1.78. The summed E-state index contributed by atoms with van der Waals surface area (Å²) >= 11 is 1.30. The largest absolute Gasteiger partial charge is 0.305 e. The van der Waals surface area contributed by atoms with Crippen molar-refractivity contribution >= 4 is 33.3 Å². The molecule has 0 aliphatic rings. The number of carbonyl (C=O) groups is 1. The van der Waals surface area contributed by atoms with Gasteiger partial charge in [-0.2, -0.15) is 14.9 Å². The maximum atomic E-state index is 13.4. The number of nitrogens with one attached hydrogen (secondary N) is 1. The van der Waals surface area contributed by atoms with E-state index in [1.54, 1.807) is 34.6 Å². The lowest BCUT2D eigenvalue weighted by atomic mass is 10.3. The number of anilines is 1. The average molecular weight is 370 g/mol. The van der Waals surface area contributed by atoms with Crippen molar-refractivity contribution in [2.24, 2.45) is 7.05 Å². The van der Waals surface area contributed by atoms with Crippen molar-refractivity contribution in [2.75, 3.05) is 5.32 Å². The van der Waals surface area contributed by atoms with Crippen molar-refractivity contribution in [3.8, 4) is 5.13 Å². The van der Waals surface area contributed by atoms with Gasteiger partial charge in [0.25, 0.3) is 5.91 Å². The molecule has 0 aliphatic carbocycles. The number of aromatic nitrogens is 5. The molecule has 0 aliphatic heterocycles. The van der Waals surface area contributed by atoms with Crippen LogP contribution in [0.4, 0.5) is 10.2 Å². The predicted molar refractivity (Wildman–Crippen MR) is 97.3 cm³/mol. The van der Waals surface area contributed by atoms with E-state index in [1.807, 2.05) is 13.8 Å². The number of nitrogens with zero attached hydrogens (tertiary/aromatic N) is 5. The molecule has 9 heteroatoms. The highest BCUT2D eigenvalue weighted by Crippen LogP contribution is 2.28. The van der Waals surface area contributed by atoms with Crippen molar-refractivity contribution in [1.82, 2.24) is 24.5 Å². The van der Waals surface area contributed by atoms with Crippen molar-refractivity contribution in [3.63, 3.8) is 0 Å². The quantitative estimate of drug-likeness (QED) is 0.601. The Hall–Kier alpha value is -3.07. The van der Waals surface area contributed by atoms with E-state index in [-0.39, 0.29) is 11.7 Å². The minimum absolute atomic E-state index is 0.316. The van der Waals surface area contributed by atoms with Crippen LogP contribution in [-0.2, 0) is 7.05 Å². The molecule has 7 nitrogen and oxygen atoms in total. The molecular formula is C17H15FN6OS. The van der Waals surface area contributed by atoms with E-state index in [9.17, 15) is 9.18 Å². The van der Waals surface area contributed by atoms with Crippen LogP contribution in [0.25, 0.3) is 15.3 Å². The van der Waals surface area contributed by atoms with Gasteiger partial charge in [0.1, 0.15) is 11.6 Å². The fourth-order valence-corrected chi connectivity index (χ4v) is 3.52. The zero-order valence-electron chi connectivity index (χ0n) is 14.3. The highest BCUT2D eigenvalue weighted by Gasteiger charge is 2.17. The standard InChI is InChI=1S/C17H15FN6OS/c1-9-6-15(20-16(25)13-7-10(2)23(3)22-13)24(21-9)17-19-12-5-4-11(18)8-14(12)26-17/h4-8H,1-3H3,(H,20,25). The molecule has 0 saturated heterocycles. The molecule has 0 radical (unpaired) electrons. The molecule has 0 saturated carbocycles. The lowest BCUT2D eigenvalue weighted by Gasteiger charge is -2.04. The van der Waals surface area contributed by atoms with E-state index in [0.29, 0.717) is 26.9 Å².